The fourth-order valence-corrected chi connectivity index (χ4v) is 2.68. The number of nitrogens with zero attached hydrogens (tertiary/aromatic N) is 2. The van der Waals surface area contributed by atoms with E-state index in [0.29, 0.717) is 30.4 Å². The second-order valence-corrected chi connectivity index (χ2v) is 6.00. The molecule has 0 spiro atoms. The van der Waals surface area contributed by atoms with E-state index < -0.39 is 0 Å². The lowest BCUT2D eigenvalue weighted by atomic mass is 9.97. The normalized spacial score (nSPS) is 19.3. The van der Waals surface area contributed by atoms with Gasteiger partial charge in [0, 0.05) is 37.8 Å². The molecule has 0 bridgehead atoms. The van der Waals surface area contributed by atoms with Crippen LogP contribution < -0.4 is 10.1 Å². The molecule has 0 aliphatic carbocycles. The average Bonchev–Trinajstić information content (AvgIpc) is 2.48. The molecule has 2 heterocycles. The quantitative estimate of drug-likeness (QED) is 0.925. The second-order valence-electron chi connectivity index (χ2n) is 5.60. The zero-order chi connectivity index (χ0) is 14.8. The second kappa shape index (κ2) is 5.97. The highest BCUT2D eigenvalue weighted by Crippen LogP contribution is 2.26. The zero-order valence-electron chi connectivity index (χ0n) is 12.1. The number of methoxy groups -OCH3 is 1. The van der Waals surface area contributed by atoms with Gasteiger partial charge in [-0.2, -0.15) is 0 Å². The molecule has 5 nitrogen and oxygen atoms in total. The first-order valence-electron chi connectivity index (χ1n) is 6.62. The third-order valence-electron chi connectivity index (χ3n) is 3.58. The number of rotatable bonds is 3. The van der Waals surface area contributed by atoms with Crippen LogP contribution in [-0.2, 0) is 11.3 Å². The van der Waals surface area contributed by atoms with Crippen molar-refractivity contribution in [2.24, 2.45) is 0 Å². The van der Waals surface area contributed by atoms with Gasteiger partial charge in [0.15, 0.2) is 0 Å². The lowest BCUT2D eigenvalue weighted by Crippen LogP contribution is -2.44. The Labute approximate surface area is 124 Å². The Morgan fingerprint density at radius 2 is 2.30 bits per heavy atom. The van der Waals surface area contributed by atoms with Gasteiger partial charge < -0.3 is 10.1 Å². The van der Waals surface area contributed by atoms with Crippen LogP contribution in [0.3, 0.4) is 0 Å². The summed E-state index contributed by atoms with van der Waals surface area (Å²) in [5.41, 5.74) is 0.825. The number of amides is 1. The molecule has 1 fully saturated rings. The summed E-state index contributed by atoms with van der Waals surface area (Å²) in [4.78, 5) is 18.1. The van der Waals surface area contributed by atoms with Gasteiger partial charge in [-0.1, -0.05) is 11.6 Å². The fraction of sp³-hybridized carbons (Fsp3) is 0.571. The van der Waals surface area contributed by atoms with Gasteiger partial charge in [-0.3, -0.25) is 9.69 Å². The molecule has 0 saturated carbocycles. The van der Waals surface area contributed by atoms with Crippen molar-refractivity contribution in [3.8, 4) is 5.88 Å². The van der Waals surface area contributed by atoms with E-state index in [-0.39, 0.29) is 11.4 Å². The molecule has 110 valence electrons. The number of carbonyl (C=O) groups is 1. The molecule has 0 radical (unpaired) electrons. The van der Waals surface area contributed by atoms with Gasteiger partial charge in [0.05, 0.1) is 7.11 Å². The summed E-state index contributed by atoms with van der Waals surface area (Å²) in [7, 11) is 1.54. The summed E-state index contributed by atoms with van der Waals surface area (Å²) in [6, 6.07) is 1.86. The van der Waals surface area contributed by atoms with Crippen molar-refractivity contribution in [2.45, 2.75) is 32.4 Å². The average molecular weight is 298 g/mol. The number of hydrogen-bond donors (Lipinski definition) is 1. The molecule has 0 atom stereocenters. The number of pyridine rings is 1. The first-order valence-corrected chi connectivity index (χ1v) is 7.00. The van der Waals surface area contributed by atoms with Crippen molar-refractivity contribution in [1.82, 2.24) is 15.2 Å². The molecule has 1 aliphatic rings. The molecule has 6 heteroatoms. The van der Waals surface area contributed by atoms with Gasteiger partial charge >= 0.3 is 0 Å². The van der Waals surface area contributed by atoms with Crippen LogP contribution in [0.4, 0.5) is 0 Å². The van der Waals surface area contributed by atoms with Crippen molar-refractivity contribution in [1.29, 1.82) is 0 Å². The highest BCUT2D eigenvalue weighted by Gasteiger charge is 2.31. The first kappa shape index (κ1) is 15.1. The Bertz CT molecular complexity index is 505. The minimum Gasteiger partial charge on any atom is -0.480 e. The maximum absolute atomic E-state index is 11.6. The van der Waals surface area contributed by atoms with E-state index >= 15 is 0 Å². The standard InChI is InChI=1S/C14H20ClN3O2/c1-14(2)7-12(19)16-4-5-18(14)9-10-6-11(15)13(20-3)17-8-10/h6,8H,4-5,7,9H2,1-3H3,(H,16,19). The van der Waals surface area contributed by atoms with E-state index in [1.165, 1.54) is 0 Å². The lowest BCUT2D eigenvalue weighted by molar-refractivity contribution is -0.122. The van der Waals surface area contributed by atoms with E-state index in [9.17, 15) is 4.79 Å². The summed E-state index contributed by atoms with van der Waals surface area (Å²) < 4.78 is 5.05. The maximum Gasteiger partial charge on any atom is 0.232 e. The zero-order valence-corrected chi connectivity index (χ0v) is 12.8. The van der Waals surface area contributed by atoms with Gasteiger partial charge in [-0.05, 0) is 25.5 Å². The number of carbonyl (C=O) groups excluding carboxylic acids is 1. The van der Waals surface area contributed by atoms with E-state index in [0.717, 1.165) is 12.1 Å². The fourth-order valence-electron chi connectivity index (χ4n) is 2.42. The Morgan fingerprint density at radius 3 is 2.95 bits per heavy atom. The molecule has 1 amide bonds. The van der Waals surface area contributed by atoms with Gasteiger partial charge in [0.25, 0.3) is 0 Å². The summed E-state index contributed by atoms with van der Waals surface area (Å²) in [5, 5.41) is 3.41. The summed E-state index contributed by atoms with van der Waals surface area (Å²) in [6.45, 7) is 6.34. The SMILES string of the molecule is COc1ncc(CN2CCNC(=O)CC2(C)C)cc1Cl. The largest absolute Gasteiger partial charge is 0.480 e. The Hall–Kier alpha value is -1.33. The highest BCUT2D eigenvalue weighted by atomic mass is 35.5. The number of aromatic nitrogens is 1. The summed E-state index contributed by atoms with van der Waals surface area (Å²) in [5.74, 6) is 0.533. The van der Waals surface area contributed by atoms with Crippen LogP contribution >= 0.6 is 11.6 Å². The van der Waals surface area contributed by atoms with Crippen LogP contribution in [0.25, 0.3) is 0 Å². The molecule has 1 aromatic heterocycles. The van der Waals surface area contributed by atoms with Gasteiger partial charge in [0.1, 0.15) is 5.02 Å². The monoisotopic (exact) mass is 297 g/mol. The molecule has 0 unspecified atom stereocenters. The molecule has 0 aromatic carbocycles. The third kappa shape index (κ3) is 3.41. The molecular formula is C14H20ClN3O2. The smallest absolute Gasteiger partial charge is 0.232 e. The van der Waals surface area contributed by atoms with Crippen LogP contribution in [0, 0.1) is 0 Å². The van der Waals surface area contributed by atoms with Crippen LogP contribution in [0.5, 0.6) is 5.88 Å². The minimum absolute atomic E-state index is 0.100. The van der Waals surface area contributed by atoms with Crippen LogP contribution in [0.1, 0.15) is 25.8 Å². The van der Waals surface area contributed by atoms with Crippen molar-refractivity contribution >= 4 is 17.5 Å². The van der Waals surface area contributed by atoms with Gasteiger partial charge in [-0.25, -0.2) is 4.98 Å². The van der Waals surface area contributed by atoms with E-state index in [1.807, 2.05) is 6.07 Å². The first-order chi connectivity index (χ1) is 9.42. The molecule has 20 heavy (non-hydrogen) atoms. The topological polar surface area (TPSA) is 54.5 Å². The number of halogens is 1. The molecule has 2 rings (SSSR count). The molecule has 1 aromatic rings. The summed E-state index contributed by atoms with van der Waals surface area (Å²) in [6.07, 6.45) is 2.26. The van der Waals surface area contributed by atoms with Gasteiger partial charge in [0.2, 0.25) is 11.8 Å². The Morgan fingerprint density at radius 1 is 1.55 bits per heavy atom. The van der Waals surface area contributed by atoms with E-state index in [4.69, 9.17) is 16.3 Å². The van der Waals surface area contributed by atoms with Gasteiger partial charge in [-0.15, -0.1) is 0 Å². The number of ether oxygens (including phenoxy) is 1. The van der Waals surface area contributed by atoms with Crippen LogP contribution in [0.15, 0.2) is 12.3 Å². The molecular weight excluding hydrogens is 278 g/mol. The van der Waals surface area contributed by atoms with Crippen molar-refractivity contribution in [3.05, 3.63) is 22.8 Å². The molecule has 1 aliphatic heterocycles. The predicted octanol–water partition coefficient (Wildman–Crippen LogP) is 1.84. The third-order valence-corrected chi connectivity index (χ3v) is 3.85. The Kier molecular flexibility index (Phi) is 4.50. The number of nitrogens with one attached hydrogen (secondary N) is 1. The highest BCUT2D eigenvalue weighted by molar-refractivity contribution is 6.31. The predicted molar refractivity (Wildman–Crippen MR) is 77.9 cm³/mol. The molecule has 1 N–H and O–H groups in total. The number of hydrogen-bond acceptors (Lipinski definition) is 4. The van der Waals surface area contributed by atoms with Crippen LogP contribution in [-0.4, -0.2) is 41.5 Å². The van der Waals surface area contributed by atoms with Crippen molar-refractivity contribution in [2.75, 3.05) is 20.2 Å². The maximum atomic E-state index is 11.6. The van der Waals surface area contributed by atoms with Crippen molar-refractivity contribution < 1.29 is 9.53 Å². The van der Waals surface area contributed by atoms with E-state index in [2.05, 4.69) is 29.0 Å². The minimum atomic E-state index is -0.188. The summed E-state index contributed by atoms with van der Waals surface area (Å²) >= 11 is 6.10. The van der Waals surface area contributed by atoms with E-state index in [1.54, 1.807) is 13.3 Å². The van der Waals surface area contributed by atoms with Crippen molar-refractivity contribution in [3.63, 3.8) is 0 Å². The van der Waals surface area contributed by atoms with Crippen LogP contribution in [0.2, 0.25) is 5.02 Å². The Balaban J connectivity index is 2.15. The molecule has 1 saturated heterocycles. The lowest BCUT2D eigenvalue weighted by Gasteiger charge is -2.36.